The van der Waals surface area contributed by atoms with Gasteiger partial charge in [-0.1, -0.05) is 236 Å². The van der Waals surface area contributed by atoms with Crippen molar-refractivity contribution in [1.82, 2.24) is 5.32 Å². The van der Waals surface area contributed by atoms with Gasteiger partial charge < -0.3 is 20.3 Å². The molecule has 1 amide bonds. The van der Waals surface area contributed by atoms with Crippen LogP contribution in [0.2, 0.25) is 0 Å². The Balaban J connectivity index is 3.57. The van der Waals surface area contributed by atoms with Gasteiger partial charge in [0.15, 0.2) is 0 Å². The molecule has 0 radical (unpaired) electrons. The summed E-state index contributed by atoms with van der Waals surface area (Å²) >= 11 is 0. The number of unbranched alkanes of at least 4 members (excludes halogenated alkanes) is 34. The van der Waals surface area contributed by atoms with E-state index in [1.165, 1.54) is 180 Å². The van der Waals surface area contributed by atoms with Crippen molar-refractivity contribution in [2.24, 2.45) is 0 Å². The van der Waals surface area contributed by atoms with Crippen LogP contribution in [-0.4, -0.2) is 47.4 Å². The fourth-order valence-corrected chi connectivity index (χ4v) is 8.25. The lowest BCUT2D eigenvalue weighted by molar-refractivity contribution is -0.143. The molecule has 0 saturated carbocycles. The van der Waals surface area contributed by atoms with Gasteiger partial charge in [0.25, 0.3) is 0 Å². The third-order valence-corrected chi connectivity index (χ3v) is 12.6. The van der Waals surface area contributed by atoms with Gasteiger partial charge in [-0.25, -0.2) is 0 Å². The minimum Gasteiger partial charge on any atom is -0.466 e. The molecule has 0 aliphatic carbocycles. The molecule has 0 saturated heterocycles. The number of aliphatic hydroxyl groups excluding tert-OH is 2. The minimum absolute atomic E-state index is 0.0455. The summed E-state index contributed by atoms with van der Waals surface area (Å²) in [6, 6.07) is -0.668. The van der Waals surface area contributed by atoms with Gasteiger partial charge in [-0.05, 0) is 83.5 Å². The molecule has 0 aromatic rings. The molecular weight excluding hydrogens is 791 g/mol. The zero-order valence-corrected chi connectivity index (χ0v) is 42.5. The third kappa shape index (κ3) is 49.3. The summed E-state index contributed by atoms with van der Waals surface area (Å²) in [5.74, 6) is -0.174. The summed E-state index contributed by atoms with van der Waals surface area (Å²) in [7, 11) is 0. The Morgan fingerprint density at radius 3 is 1.25 bits per heavy atom. The van der Waals surface area contributed by atoms with E-state index in [4.69, 9.17) is 4.74 Å². The number of carbonyl (C=O) groups is 2. The van der Waals surface area contributed by atoms with Gasteiger partial charge >= 0.3 is 5.97 Å². The molecule has 0 fully saturated rings. The Morgan fingerprint density at radius 2 is 0.797 bits per heavy atom. The number of rotatable bonds is 51. The molecule has 64 heavy (non-hydrogen) atoms. The standard InChI is InChI=1S/C58H107NO5/c1-3-5-7-9-11-13-15-17-19-21-23-24-25-27-29-31-34-38-42-46-50-56(61)55(54-60)59-57(62)51-47-43-39-35-33-37-41-45-49-53-64-58(63)52-48-44-40-36-32-30-28-26-22-20-18-16-14-12-10-8-6-4-2/h14,16,20,22,35,39,46,50,55-56,60-61H,3-13,15,17-19,21,23-34,36-38,40-45,47-49,51-54H2,1-2H3,(H,59,62)/b16-14-,22-20-,39-35-,50-46+. The summed E-state index contributed by atoms with van der Waals surface area (Å²) in [5.41, 5.74) is 0. The maximum atomic E-state index is 12.4. The molecular formula is C58H107NO5. The van der Waals surface area contributed by atoms with Crippen LogP contribution >= 0.6 is 0 Å². The topological polar surface area (TPSA) is 95.9 Å². The number of hydrogen-bond donors (Lipinski definition) is 3. The van der Waals surface area contributed by atoms with E-state index in [9.17, 15) is 19.8 Å². The first-order valence-electron chi connectivity index (χ1n) is 27.9. The van der Waals surface area contributed by atoms with Gasteiger partial charge in [0.2, 0.25) is 5.91 Å². The molecule has 2 atom stereocenters. The highest BCUT2D eigenvalue weighted by molar-refractivity contribution is 5.76. The summed E-state index contributed by atoms with van der Waals surface area (Å²) in [5, 5.41) is 23.1. The normalized spacial score (nSPS) is 13.0. The fourth-order valence-electron chi connectivity index (χ4n) is 8.25. The van der Waals surface area contributed by atoms with Gasteiger partial charge in [0, 0.05) is 12.8 Å². The second-order valence-corrected chi connectivity index (χ2v) is 18.9. The predicted molar refractivity (Wildman–Crippen MR) is 278 cm³/mol. The smallest absolute Gasteiger partial charge is 0.305 e. The lowest BCUT2D eigenvalue weighted by Gasteiger charge is -2.19. The molecule has 0 rings (SSSR count). The van der Waals surface area contributed by atoms with Crippen molar-refractivity contribution in [3.8, 4) is 0 Å². The highest BCUT2D eigenvalue weighted by Crippen LogP contribution is 2.16. The van der Waals surface area contributed by atoms with Crippen molar-refractivity contribution in [3.05, 3.63) is 48.6 Å². The van der Waals surface area contributed by atoms with Crippen molar-refractivity contribution in [2.75, 3.05) is 13.2 Å². The molecule has 0 spiro atoms. The number of esters is 1. The molecule has 0 aromatic heterocycles. The highest BCUT2D eigenvalue weighted by atomic mass is 16.5. The zero-order valence-electron chi connectivity index (χ0n) is 42.5. The molecule has 6 heteroatoms. The molecule has 0 aromatic carbocycles. The summed E-state index contributed by atoms with van der Waals surface area (Å²) in [4.78, 5) is 24.5. The number of hydrogen-bond acceptors (Lipinski definition) is 5. The fraction of sp³-hybridized carbons (Fsp3) is 0.828. The van der Waals surface area contributed by atoms with E-state index >= 15 is 0 Å². The van der Waals surface area contributed by atoms with E-state index in [-0.39, 0.29) is 18.5 Å². The molecule has 0 aliphatic heterocycles. The first kappa shape index (κ1) is 61.8. The Hall–Kier alpha value is -2.18. The predicted octanol–water partition coefficient (Wildman–Crippen LogP) is 17.0. The second-order valence-electron chi connectivity index (χ2n) is 18.9. The van der Waals surface area contributed by atoms with Crippen molar-refractivity contribution >= 4 is 11.9 Å². The van der Waals surface area contributed by atoms with E-state index in [0.29, 0.717) is 19.4 Å². The van der Waals surface area contributed by atoms with Crippen LogP contribution in [0.15, 0.2) is 48.6 Å². The largest absolute Gasteiger partial charge is 0.466 e. The lowest BCUT2D eigenvalue weighted by atomic mass is 10.0. The number of ether oxygens (including phenoxy) is 1. The SMILES string of the molecule is CCCCCC/C=C\C/C=C\CCCCCCCCCC(=O)OCCCCCC/C=C\CCCC(=O)NC(CO)C(O)/C=C/CCCCCCCCCCCCCCCCCCCC. The molecule has 0 bridgehead atoms. The Morgan fingerprint density at radius 1 is 0.438 bits per heavy atom. The van der Waals surface area contributed by atoms with Crippen LogP contribution in [0.3, 0.4) is 0 Å². The molecule has 374 valence electrons. The van der Waals surface area contributed by atoms with Crippen LogP contribution < -0.4 is 5.32 Å². The minimum atomic E-state index is -0.878. The average molecular weight is 898 g/mol. The maximum Gasteiger partial charge on any atom is 0.305 e. The molecule has 0 heterocycles. The van der Waals surface area contributed by atoms with Crippen LogP contribution in [0.4, 0.5) is 0 Å². The van der Waals surface area contributed by atoms with Crippen LogP contribution in [0, 0.1) is 0 Å². The second kappa shape index (κ2) is 53.4. The van der Waals surface area contributed by atoms with Crippen molar-refractivity contribution < 1.29 is 24.5 Å². The maximum absolute atomic E-state index is 12.4. The van der Waals surface area contributed by atoms with Gasteiger partial charge in [-0.3, -0.25) is 9.59 Å². The van der Waals surface area contributed by atoms with Crippen LogP contribution in [0.1, 0.15) is 284 Å². The van der Waals surface area contributed by atoms with Crippen LogP contribution in [0.5, 0.6) is 0 Å². The molecule has 0 aliphatic rings. The summed E-state index contributed by atoms with van der Waals surface area (Å²) < 4.78 is 5.45. The highest BCUT2D eigenvalue weighted by Gasteiger charge is 2.18. The quantitative estimate of drug-likeness (QED) is 0.0321. The number of aliphatic hydroxyl groups is 2. The number of amides is 1. The number of carbonyl (C=O) groups excluding carboxylic acids is 2. The van der Waals surface area contributed by atoms with Gasteiger partial charge in [-0.2, -0.15) is 0 Å². The Kier molecular flexibility index (Phi) is 51.6. The van der Waals surface area contributed by atoms with Gasteiger partial charge in [0.05, 0.1) is 25.4 Å². The van der Waals surface area contributed by atoms with E-state index in [1.807, 2.05) is 6.08 Å². The average Bonchev–Trinajstić information content (AvgIpc) is 3.29. The first-order chi connectivity index (χ1) is 31.5. The monoisotopic (exact) mass is 898 g/mol. The van der Waals surface area contributed by atoms with Crippen molar-refractivity contribution in [1.29, 1.82) is 0 Å². The van der Waals surface area contributed by atoms with E-state index in [2.05, 4.69) is 55.6 Å². The molecule has 2 unspecified atom stereocenters. The van der Waals surface area contributed by atoms with E-state index < -0.39 is 12.1 Å². The summed E-state index contributed by atoms with van der Waals surface area (Å²) in [6.07, 6.45) is 67.0. The lowest BCUT2D eigenvalue weighted by Crippen LogP contribution is -2.45. The van der Waals surface area contributed by atoms with Gasteiger partial charge in [-0.15, -0.1) is 0 Å². The zero-order chi connectivity index (χ0) is 46.5. The van der Waals surface area contributed by atoms with Crippen molar-refractivity contribution in [2.45, 2.75) is 296 Å². The first-order valence-corrected chi connectivity index (χ1v) is 27.9. The molecule has 3 N–H and O–H groups in total. The Labute approximate surface area is 397 Å². The number of allylic oxidation sites excluding steroid dienone is 7. The Bertz CT molecular complexity index is 1080. The summed E-state index contributed by atoms with van der Waals surface area (Å²) in [6.45, 7) is 4.80. The third-order valence-electron chi connectivity index (χ3n) is 12.6. The number of nitrogens with one attached hydrogen (secondary N) is 1. The van der Waals surface area contributed by atoms with Crippen molar-refractivity contribution in [3.63, 3.8) is 0 Å². The molecule has 6 nitrogen and oxygen atoms in total. The van der Waals surface area contributed by atoms with E-state index in [0.717, 1.165) is 77.0 Å². The van der Waals surface area contributed by atoms with Crippen LogP contribution in [0.25, 0.3) is 0 Å². The van der Waals surface area contributed by atoms with Gasteiger partial charge in [0.1, 0.15) is 0 Å². The van der Waals surface area contributed by atoms with E-state index in [1.54, 1.807) is 6.08 Å². The van der Waals surface area contributed by atoms with Crippen LogP contribution in [-0.2, 0) is 14.3 Å².